The first-order valence-corrected chi connectivity index (χ1v) is 8.26. The second kappa shape index (κ2) is 5.56. The Bertz CT molecular complexity index is 949. The van der Waals surface area contributed by atoms with Crippen molar-refractivity contribution in [3.8, 4) is 6.07 Å². The van der Waals surface area contributed by atoms with Gasteiger partial charge >= 0.3 is 0 Å². The van der Waals surface area contributed by atoms with Gasteiger partial charge in [0.2, 0.25) is 0 Å². The maximum atomic E-state index is 9.32. The van der Waals surface area contributed by atoms with Crippen LogP contribution in [0.15, 0.2) is 36.4 Å². The van der Waals surface area contributed by atoms with E-state index in [2.05, 4.69) is 10.6 Å². The number of nitriles is 1. The van der Waals surface area contributed by atoms with Gasteiger partial charge in [0.05, 0.1) is 39.3 Å². The fourth-order valence-electron chi connectivity index (χ4n) is 2.90. The van der Waals surface area contributed by atoms with Gasteiger partial charge in [-0.2, -0.15) is 5.26 Å². The van der Waals surface area contributed by atoms with Gasteiger partial charge in [0, 0.05) is 5.92 Å². The quantitative estimate of drug-likeness (QED) is 0.661. The molecule has 0 radical (unpaired) electrons. The SMILES string of the molecule is N#Cc1ccccc1Cn1c(C2CC2)nc2cc(Cl)c(Cl)cc21. The van der Waals surface area contributed by atoms with Gasteiger partial charge in [0.15, 0.2) is 0 Å². The van der Waals surface area contributed by atoms with Crippen molar-refractivity contribution in [2.75, 3.05) is 0 Å². The largest absolute Gasteiger partial charge is 0.323 e. The molecule has 1 aliphatic rings. The van der Waals surface area contributed by atoms with Crippen LogP contribution in [0.2, 0.25) is 10.0 Å². The maximum Gasteiger partial charge on any atom is 0.113 e. The average Bonchev–Trinajstić information content (AvgIpc) is 3.34. The van der Waals surface area contributed by atoms with Crippen molar-refractivity contribution in [2.24, 2.45) is 0 Å². The Morgan fingerprint density at radius 2 is 1.91 bits per heavy atom. The number of rotatable bonds is 3. The van der Waals surface area contributed by atoms with Crippen molar-refractivity contribution >= 4 is 34.2 Å². The number of nitrogens with zero attached hydrogens (tertiary/aromatic N) is 3. The first-order chi connectivity index (χ1) is 11.2. The molecule has 1 fully saturated rings. The predicted molar refractivity (Wildman–Crippen MR) is 92.0 cm³/mol. The van der Waals surface area contributed by atoms with Gasteiger partial charge < -0.3 is 4.57 Å². The van der Waals surface area contributed by atoms with E-state index < -0.39 is 0 Å². The summed E-state index contributed by atoms with van der Waals surface area (Å²) in [5, 5.41) is 10.4. The topological polar surface area (TPSA) is 41.6 Å². The molecule has 1 aliphatic carbocycles. The van der Waals surface area contributed by atoms with Crippen LogP contribution in [0.4, 0.5) is 0 Å². The third-order valence-corrected chi connectivity index (χ3v) is 4.95. The Morgan fingerprint density at radius 1 is 1.17 bits per heavy atom. The lowest BCUT2D eigenvalue weighted by atomic mass is 10.1. The minimum atomic E-state index is 0.495. The first kappa shape index (κ1) is 14.6. The smallest absolute Gasteiger partial charge is 0.113 e. The summed E-state index contributed by atoms with van der Waals surface area (Å²) < 4.78 is 2.17. The Balaban J connectivity index is 1.89. The van der Waals surface area contributed by atoms with Crippen LogP contribution in [0.25, 0.3) is 11.0 Å². The number of imidazole rings is 1. The average molecular weight is 342 g/mol. The van der Waals surface area contributed by atoms with E-state index in [4.69, 9.17) is 28.2 Å². The fourth-order valence-corrected chi connectivity index (χ4v) is 3.21. The second-order valence-electron chi connectivity index (χ2n) is 5.85. The summed E-state index contributed by atoms with van der Waals surface area (Å²) in [6, 6.07) is 13.6. The van der Waals surface area contributed by atoms with E-state index in [-0.39, 0.29) is 0 Å². The normalized spacial score (nSPS) is 14.1. The summed E-state index contributed by atoms with van der Waals surface area (Å²) in [6.07, 6.45) is 2.31. The molecular weight excluding hydrogens is 329 g/mol. The molecule has 3 aromatic rings. The van der Waals surface area contributed by atoms with Crippen LogP contribution >= 0.6 is 23.2 Å². The number of fused-ring (bicyclic) bond motifs is 1. The molecule has 23 heavy (non-hydrogen) atoms. The standard InChI is InChI=1S/C18H13Cl2N3/c19-14-7-16-17(8-15(14)20)23(18(22-16)11-5-6-11)10-13-4-2-1-3-12(13)9-21/h1-4,7-8,11H,5-6,10H2. The van der Waals surface area contributed by atoms with E-state index in [0.29, 0.717) is 28.1 Å². The molecule has 0 atom stereocenters. The van der Waals surface area contributed by atoms with Crippen molar-refractivity contribution in [3.05, 3.63) is 63.4 Å². The highest BCUT2D eigenvalue weighted by Gasteiger charge is 2.30. The zero-order chi connectivity index (χ0) is 16.0. The number of halogens is 2. The number of aromatic nitrogens is 2. The molecular formula is C18H13Cl2N3. The third kappa shape index (κ3) is 2.59. The second-order valence-corrected chi connectivity index (χ2v) is 6.67. The van der Waals surface area contributed by atoms with Crippen LogP contribution in [0.3, 0.4) is 0 Å². The van der Waals surface area contributed by atoms with Crippen LogP contribution in [0.1, 0.15) is 35.7 Å². The van der Waals surface area contributed by atoms with Crippen LogP contribution in [-0.4, -0.2) is 9.55 Å². The summed E-state index contributed by atoms with van der Waals surface area (Å²) in [4.78, 5) is 4.77. The van der Waals surface area contributed by atoms with E-state index >= 15 is 0 Å². The van der Waals surface area contributed by atoms with E-state index in [9.17, 15) is 5.26 Å². The van der Waals surface area contributed by atoms with Gasteiger partial charge in [-0.15, -0.1) is 0 Å². The van der Waals surface area contributed by atoms with E-state index in [1.807, 2.05) is 36.4 Å². The Labute approximate surface area is 144 Å². The van der Waals surface area contributed by atoms with Gasteiger partial charge in [0.1, 0.15) is 5.82 Å². The lowest BCUT2D eigenvalue weighted by molar-refractivity contribution is 0.745. The lowest BCUT2D eigenvalue weighted by Crippen LogP contribution is -2.05. The molecule has 2 aromatic carbocycles. The van der Waals surface area contributed by atoms with Gasteiger partial charge in [-0.05, 0) is 36.6 Å². The number of hydrogen-bond donors (Lipinski definition) is 0. The monoisotopic (exact) mass is 341 g/mol. The van der Waals surface area contributed by atoms with Gasteiger partial charge in [-0.3, -0.25) is 0 Å². The Kier molecular flexibility index (Phi) is 3.52. The fraction of sp³-hybridized carbons (Fsp3) is 0.222. The van der Waals surface area contributed by atoms with Gasteiger partial charge in [0.25, 0.3) is 0 Å². The highest BCUT2D eigenvalue weighted by Crippen LogP contribution is 2.41. The predicted octanol–water partition coefficient (Wildman–Crippen LogP) is 5.14. The molecule has 3 nitrogen and oxygen atoms in total. The van der Waals surface area contributed by atoms with Crippen molar-refractivity contribution in [2.45, 2.75) is 25.3 Å². The molecule has 114 valence electrons. The Morgan fingerprint density at radius 3 is 2.65 bits per heavy atom. The molecule has 1 aromatic heterocycles. The van der Waals surface area contributed by atoms with E-state index in [1.165, 1.54) is 0 Å². The molecule has 0 N–H and O–H groups in total. The molecule has 0 unspecified atom stereocenters. The molecule has 1 heterocycles. The van der Waals surface area contributed by atoms with Crippen molar-refractivity contribution < 1.29 is 0 Å². The molecule has 0 bridgehead atoms. The van der Waals surface area contributed by atoms with Gasteiger partial charge in [-0.25, -0.2) is 4.98 Å². The van der Waals surface area contributed by atoms with Crippen molar-refractivity contribution in [3.63, 3.8) is 0 Å². The number of benzene rings is 2. The highest BCUT2D eigenvalue weighted by atomic mass is 35.5. The molecule has 0 saturated heterocycles. The van der Waals surface area contributed by atoms with E-state index in [1.54, 1.807) is 0 Å². The van der Waals surface area contributed by atoms with Crippen molar-refractivity contribution in [1.29, 1.82) is 5.26 Å². The van der Waals surface area contributed by atoms with Crippen LogP contribution in [-0.2, 0) is 6.54 Å². The summed E-state index contributed by atoms with van der Waals surface area (Å²) in [6.45, 7) is 0.615. The minimum Gasteiger partial charge on any atom is -0.323 e. The zero-order valence-corrected chi connectivity index (χ0v) is 13.8. The van der Waals surface area contributed by atoms with Crippen LogP contribution < -0.4 is 0 Å². The number of hydrogen-bond acceptors (Lipinski definition) is 2. The Hall–Kier alpha value is -2.02. The lowest BCUT2D eigenvalue weighted by Gasteiger charge is -2.10. The first-order valence-electron chi connectivity index (χ1n) is 7.50. The summed E-state index contributed by atoms with van der Waals surface area (Å²) in [7, 11) is 0. The summed E-state index contributed by atoms with van der Waals surface area (Å²) in [5.74, 6) is 1.56. The molecule has 1 saturated carbocycles. The molecule has 0 amide bonds. The molecule has 5 heteroatoms. The maximum absolute atomic E-state index is 9.32. The molecule has 4 rings (SSSR count). The van der Waals surface area contributed by atoms with E-state index in [0.717, 1.165) is 35.3 Å². The van der Waals surface area contributed by atoms with Gasteiger partial charge in [-0.1, -0.05) is 41.4 Å². The van der Waals surface area contributed by atoms with Crippen LogP contribution in [0.5, 0.6) is 0 Å². The highest BCUT2D eigenvalue weighted by molar-refractivity contribution is 6.42. The summed E-state index contributed by atoms with van der Waals surface area (Å²) >= 11 is 12.3. The minimum absolute atomic E-state index is 0.495. The summed E-state index contributed by atoms with van der Waals surface area (Å²) in [5.41, 5.74) is 3.50. The van der Waals surface area contributed by atoms with Crippen LogP contribution in [0, 0.1) is 11.3 Å². The third-order valence-electron chi connectivity index (χ3n) is 4.23. The molecule has 0 spiro atoms. The van der Waals surface area contributed by atoms with Crippen molar-refractivity contribution in [1.82, 2.24) is 9.55 Å². The zero-order valence-electron chi connectivity index (χ0n) is 12.3. The molecule has 0 aliphatic heterocycles.